The predicted molar refractivity (Wildman–Crippen MR) is 110 cm³/mol. The molecule has 2 aliphatic rings. The summed E-state index contributed by atoms with van der Waals surface area (Å²) in [5, 5.41) is 13.7. The Labute approximate surface area is 175 Å². The molecule has 0 unspecified atom stereocenters. The molecule has 0 radical (unpaired) electrons. The fourth-order valence-corrected chi connectivity index (χ4v) is 5.66. The zero-order valence-corrected chi connectivity index (χ0v) is 18.9. The van der Waals surface area contributed by atoms with E-state index in [-0.39, 0.29) is 24.8 Å². The van der Waals surface area contributed by atoms with Crippen LogP contribution in [0.15, 0.2) is 19.5 Å². The van der Waals surface area contributed by atoms with Crippen LogP contribution < -0.4 is 5.32 Å². The fraction of sp³-hybridized carbons (Fsp3) is 0.600. The van der Waals surface area contributed by atoms with Crippen molar-refractivity contribution in [2.24, 2.45) is 5.92 Å². The van der Waals surface area contributed by atoms with Gasteiger partial charge >= 0.3 is 0 Å². The molecule has 1 atom stereocenters. The van der Waals surface area contributed by atoms with Crippen LogP contribution in [0.1, 0.15) is 30.9 Å². The smallest absolute Gasteiger partial charge is 0.144 e. The van der Waals surface area contributed by atoms with Crippen LogP contribution in [0.3, 0.4) is 0 Å². The molecule has 2 N–H and O–H groups in total. The molecule has 1 heterocycles. The Kier molecular flexibility index (Phi) is 9.18. The number of benzene rings is 1. The maximum atomic E-state index is 10.3. The van der Waals surface area contributed by atoms with Crippen molar-refractivity contribution in [1.82, 2.24) is 10.2 Å². The number of halogens is 5. The van der Waals surface area contributed by atoms with Gasteiger partial charge in [0.25, 0.3) is 0 Å². The highest BCUT2D eigenvalue weighted by Gasteiger charge is 2.33. The summed E-state index contributed by atoms with van der Waals surface area (Å²) in [4.78, 5) is 2.55. The van der Waals surface area contributed by atoms with Gasteiger partial charge in [0.2, 0.25) is 0 Å². The van der Waals surface area contributed by atoms with Crippen molar-refractivity contribution in [1.29, 1.82) is 0 Å². The minimum absolute atomic E-state index is 0. The van der Waals surface area contributed by atoms with E-state index in [0.29, 0.717) is 11.8 Å². The summed E-state index contributed by atoms with van der Waals surface area (Å²) in [6, 6.07) is 2.32. The van der Waals surface area contributed by atoms with Crippen molar-refractivity contribution in [3.63, 3.8) is 0 Å². The van der Waals surface area contributed by atoms with Crippen LogP contribution in [0.5, 0.6) is 5.75 Å². The van der Waals surface area contributed by atoms with Gasteiger partial charge in [-0.25, -0.2) is 0 Å². The van der Waals surface area contributed by atoms with Gasteiger partial charge in [0.05, 0.1) is 8.95 Å². The Morgan fingerprint density at radius 1 is 1.13 bits per heavy atom. The van der Waals surface area contributed by atoms with Crippen LogP contribution in [0.4, 0.5) is 0 Å². The summed E-state index contributed by atoms with van der Waals surface area (Å²) in [5.41, 5.74) is 1.18. The van der Waals surface area contributed by atoms with E-state index in [1.165, 1.54) is 24.8 Å². The van der Waals surface area contributed by atoms with Crippen LogP contribution in [0.25, 0.3) is 0 Å². The van der Waals surface area contributed by atoms with E-state index in [2.05, 4.69) is 58.0 Å². The number of rotatable bonds is 4. The largest absolute Gasteiger partial charge is 0.506 e. The Balaban J connectivity index is 0.00000132. The molecular formula is C15H21Br3Cl2N2O. The quantitative estimate of drug-likeness (QED) is 0.531. The van der Waals surface area contributed by atoms with Crippen molar-refractivity contribution in [3.8, 4) is 5.75 Å². The van der Waals surface area contributed by atoms with Crippen molar-refractivity contribution >= 4 is 72.6 Å². The molecule has 1 aromatic rings. The molecule has 3 rings (SSSR count). The Hall–Kier alpha value is 0.960. The van der Waals surface area contributed by atoms with Crippen LogP contribution in [-0.4, -0.2) is 36.2 Å². The number of aromatic hydroxyl groups is 1. The molecule has 1 aromatic carbocycles. The minimum atomic E-state index is 0. The van der Waals surface area contributed by atoms with Crippen LogP contribution in [0, 0.1) is 5.92 Å². The summed E-state index contributed by atoms with van der Waals surface area (Å²) in [6.45, 7) is 4.21. The number of phenols is 1. The van der Waals surface area contributed by atoms with E-state index in [9.17, 15) is 5.11 Å². The number of piperazine rings is 1. The second-order valence-corrected chi connectivity index (χ2v) is 8.40. The third-order valence-electron chi connectivity index (χ3n) is 4.36. The highest BCUT2D eigenvalue weighted by atomic mass is 79.9. The maximum Gasteiger partial charge on any atom is 0.144 e. The molecule has 1 saturated heterocycles. The molecule has 8 heteroatoms. The first-order valence-electron chi connectivity index (χ1n) is 7.39. The zero-order valence-electron chi connectivity index (χ0n) is 12.5. The highest BCUT2D eigenvalue weighted by Crippen LogP contribution is 2.48. The van der Waals surface area contributed by atoms with E-state index in [1.807, 2.05) is 6.07 Å². The van der Waals surface area contributed by atoms with Crippen molar-refractivity contribution in [3.05, 3.63) is 25.0 Å². The average Bonchev–Trinajstić information content (AvgIpc) is 3.29. The second-order valence-electron chi connectivity index (χ2n) is 5.90. The molecule has 2 fully saturated rings. The number of hydrogen-bond acceptors (Lipinski definition) is 3. The van der Waals surface area contributed by atoms with Gasteiger partial charge in [0.1, 0.15) is 5.75 Å². The van der Waals surface area contributed by atoms with Gasteiger partial charge in [0, 0.05) is 42.3 Å². The third-order valence-corrected chi connectivity index (χ3v) is 6.42. The normalized spacial score (nSPS) is 19.6. The summed E-state index contributed by atoms with van der Waals surface area (Å²) in [6.07, 6.45) is 3.87. The lowest BCUT2D eigenvalue weighted by Gasteiger charge is -2.36. The maximum absolute atomic E-state index is 10.3. The first-order chi connectivity index (χ1) is 10.1. The second kappa shape index (κ2) is 9.60. The standard InChI is InChI=1S/C15H19Br3N2O.2ClH/c16-10-8-11(17)15(21)14(18)13(10)12(7-9-1-2-9)20-5-3-19-4-6-20;;/h8-9,12,19,21H,1-7H2;2*1H/t12-;;/m0../s1. The van der Waals surface area contributed by atoms with Gasteiger partial charge < -0.3 is 10.4 Å². The molecule has 0 bridgehead atoms. The van der Waals surface area contributed by atoms with E-state index in [4.69, 9.17) is 0 Å². The monoisotopic (exact) mass is 552 g/mol. The molecule has 1 aliphatic carbocycles. The topological polar surface area (TPSA) is 35.5 Å². The summed E-state index contributed by atoms with van der Waals surface area (Å²) in [5.74, 6) is 1.14. The van der Waals surface area contributed by atoms with Crippen LogP contribution >= 0.6 is 72.6 Å². The Morgan fingerprint density at radius 2 is 1.74 bits per heavy atom. The molecule has 1 aliphatic heterocycles. The lowest BCUT2D eigenvalue weighted by molar-refractivity contribution is 0.159. The van der Waals surface area contributed by atoms with Gasteiger partial charge in [-0.05, 0) is 50.3 Å². The molecule has 132 valence electrons. The number of hydrogen-bond donors (Lipinski definition) is 2. The first-order valence-corrected chi connectivity index (χ1v) is 9.77. The number of nitrogens with zero attached hydrogens (tertiary/aromatic N) is 1. The lowest BCUT2D eigenvalue weighted by Crippen LogP contribution is -2.45. The number of nitrogens with one attached hydrogen (secondary N) is 1. The molecule has 0 aromatic heterocycles. The van der Waals surface area contributed by atoms with Crippen molar-refractivity contribution in [2.75, 3.05) is 26.2 Å². The van der Waals surface area contributed by atoms with Crippen molar-refractivity contribution < 1.29 is 5.11 Å². The Morgan fingerprint density at radius 3 is 2.30 bits per heavy atom. The zero-order chi connectivity index (χ0) is 15.0. The van der Waals surface area contributed by atoms with Crippen molar-refractivity contribution in [2.45, 2.75) is 25.3 Å². The lowest BCUT2D eigenvalue weighted by atomic mass is 9.98. The fourth-order valence-electron chi connectivity index (χ4n) is 3.01. The van der Waals surface area contributed by atoms with Gasteiger partial charge in [-0.15, -0.1) is 24.8 Å². The van der Waals surface area contributed by atoms with E-state index >= 15 is 0 Å². The molecule has 3 nitrogen and oxygen atoms in total. The summed E-state index contributed by atoms with van der Waals surface area (Å²) in [7, 11) is 0. The SMILES string of the molecule is Cl.Cl.Oc1c(Br)cc(Br)c([C@H](CC2CC2)N2CCNCC2)c1Br. The van der Waals surface area contributed by atoms with Crippen LogP contribution in [0.2, 0.25) is 0 Å². The van der Waals surface area contributed by atoms with Gasteiger partial charge in [0.15, 0.2) is 0 Å². The summed E-state index contributed by atoms with van der Waals surface area (Å²) >= 11 is 10.7. The van der Waals surface area contributed by atoms with Gasteiger partial charge in [-0.2, -0.15) is 0 Å². The van der Waals surface area contributed by atoms with Gasteiger partial charge in [-0.1, -0.05) is 28.8 Å². The number of phenolic OH excluding ortho intramolecular Hbond substituents is 1. The molecule has 0 amide bonds. The average molecular weight is 556 g/mol. The van der Waals surface area contributed by atoms with E-state index < -0.39 is 0 Å². The van der Waals surface area contributed by atoms with Gasteiger partial charge in [-0.3, -0.25) is 4.90 Å². The van der Waals surface area contributed by atoms with E-state index in [1.54, 1.807) is 0 Å². The molecule has 23 heavy (non-hydrogen) atoms. The summed E-state index contributed by atoms with van der Waals surface area (Å²) < 4.78 is 2.59. The molecule has 1 saturated carbocycles. The van der Waals surface area contributed by atoms with E-state index in [0.717, 1.165) is 45.5 Å². The molecule has 0 spiro atoms. The van der Waals surface area contributed by atoms with Crippen LogP contribution in [-0.2, 0) is 0 Å². The first kappa shape index (κ1) is 22.0. The minimum Gasteiger partial charge on any atom is -0.506 e. The third kappa shape index (κ3) is 5.22. The highest BCUT2D eigenvalue weighted by molar-refractivity contribution is 9.11. The predicted octanol–water partition coefficient (Wildman–Crippen LogP) is 5.27. The molecular weight excluding hydrogens is 535 g/mol. The Bertz CT molecular complexity index is 538.